The molecule has 2 fully saturated rings. The molecule has 0 aromatic heterocycles. The second-order valence-corrected chi connectivity index (χ2v) is 6.78. The highest BCUT2D eigenvalue weighted by molar-refractivity contribution is 6.22. The lowest BCUT2D eigenvalue weighted by molar-refractivity contribution is -0.143. The van der Waals surface area contributed by atoms with Crippen LogP contribution in [0.3, 0.4) is 0 Å². The third-order valence-electron chi connectivity index (χ3n) is 5.30. The number of hydrogen-bond donors (Lipinski definition) is 0. The van der Waals surface area contributed by atoms with Gasteiger partial charge >= 0.3 is 12.4 Å². The van der Waals surface area contributed by atoms with Gasteiger partial charge in [0.1, 0.15) is 0 Å². The van der Waals surface area contributed by atoms with Crippen molar-refractivity contribution in [3.05, 3.63) is 41.5 Å². The van der Waals surface area contributed by atoms with Crippen LogP contribution in [0.5, 0.6) is 0 Å². The van der Waals surface area contributed by atoms with Crippen molar-refractivity contribution in [2.75, 3.05) is 4.90 Å². The molecule has 1 heterocycles. The first-order chi connectivity index (χ1) is 12.0. The maximum atomic E-state index is 13.0. The first-order valence-electron chi connectivity index (χ1n) is 7.84. The van der Waals surface area contributed by atoms with Gasteiger partial charge < -0.3 is 0 Å². The van der Waals surface area contributed by atoms with Crippen molar-refractivity contribution in [2.45, 2.75) is 18.8 Å². The van der Waals surface area contributed by atoms with E-state index in [1.807, 2.05) is 0 Å². The average Bonchev–Trinajstić information content (AvgIpc) is 3.19. The highest BCUT2D eigenvalue weighted by atomic mass is 19.4. The molecule has 1 saturated heterocycles. The minimum atomic E-state index is -5.04. The number of allylic oxidation sites excluding steroid dienone is 2. The highest BCUT2D eigenvalue weighted by Crippen LogP contribution is 2.53. The van der Waals surface area contributed by atoms with Crippen LogP contribution in [0.4, 0.5) is 32.0 Å². The number of fused-ring (bicyclic) bond motifs is 5. The number of amides is 2. The largest absolute Gasteiger partial charge is 0.416 e. The second kappa shape index (κ2) is 5.11. The van der Waals surface area contributed by atoms with E-state index in [-0.39, 0.29) is 17.9 Å². The Balaban J connectivity index is 1.81. The lowest BCUT2D eigenvalue weighted by Crippen LogP contribution is -2.33. The third-order valence-corrected chi connectivity index (χ3v) is 5.30. The molecule has 1 aliphatic heterocycles. The van der Waals surface area contributed by atoms with Crippen LogP contribution in [0.1, 0.15) is 17.5 Å². The van der Waals surface area contributed by atoms with E-state index in [0.717, 1.165) is 0 Å². The van der Waals surface area contributed by atoms with Crippen LogP contribution in [0.25, 0.3) is 0 Å². The van der Waals surface area contributed by atoms with Crippen LogP contribution in [0, 0.1) is 23.7 Å². The summed E-state index contributed by atoms with van der Waals surface area (Å²) >= 11 is 0. The van der Waals surface area contributed by atoms with E-state index in [4.69, 9.17) is 0 Å². The first-order valence-corrected chi connectivity index (χ1v) is 7.84. The predicted molar refractivity (Wildman–Crippen MR) is 76.7 cm³/mol. The molecule has 26 heavy (non-hydrogen) atoms. The van der Waals surface area contributed by atoms with Crippen LogP contribution in [-0.4, -0.2) is 11.8 Å². The number of halogens is 6. The molecule has 4 rings (SSSR count). The van der Waals surface area contributed by atoms with Gasteiger partial charge in [0.05, 0.1) is 28.7 Å². The number of rotatable bonds is 1. The van der Waals surface area contributed by atoms with Gasteiger partial charge in [0.25, 0.3) is 0 Å². The van der Waals surface area contributed by atoms with E-state index < -0.39 is 52.8 Å². The van der Waals surface area contributed by atoms with Gasteiger partial charge in [-0.3, -0.25) is 9.59 Å². The molecular weight excluding hydrogens is 364 g/mol. The van der Waals surface area contributed by atoms with E-state index in [2.05, 4.69) is 0 Å². The lowest BCUT2D eigenvalue weighted by atomic mass is 9.85. The van der Waals surface area contributed by atoms with Crippen molar-refractivity contribution >= 4 is 17.5 Å². The summed E-state index contributed by atoms with van der Waals surface area (Å²) in [5.74, 6) is -3.27. The van der Waals surface area contributed by atoms with Crippen molar-refractivity contribution in [1.82, 2.24) is 0 Å². The fourth-order valence-electron chi connectivity index (χ4n) is 4.22. The monoisotopic (exact) mass is 375 g/mol. The molecule has 2 amide bonds. The highest BCUT2D eigenvalue weighted by Gasteiger charge is 2.59. The Bertz CT molecular complexity index is 778. The second-order valence-electron chi connectivity index (χ2n) is 6.78. The molecule has 1 saturated carbocycles. The fourth-order valence-corrected chi connectivity index (χ4v) is 4.22. The standard InChI is InChI=1S/C17H11F6NO2/c18-16(19,20)9-4-10(17(21,22)23)6-11(5-9)24-14(25)12-7-1-2-8(3-7)13(12)15(24)26/h1-2,4-8,12-13H,3H2/t7-,8?,12-,13?/m0/s1. The summed E-state index contributed by atoms with van der Waals surface area (Å²) in [6.07, 6.45) is -5.91. The van der Waals surface area contributed by atoms with Crippen LogP contribution in [-0.2, 0) is 21.9 Å². The molecule has 2 aliphatic carbocycles. The Morgan fingerprint density at radius 1 is 0.769 bits per heavy atom. The molecule has 0 spiro atoms. The van der Waals surface area contributed by atoms with E-state index in [1.54, 1.807) is 12.2 Å². The lowest BCUT2D eigenvalue weighted by Gasteiger charge is -2.20. The van der Waals surface area contributed by atoms with Gasteiger partial charge in [-0.1, -0.05) is 12.2 Å². The number of alkyl halides is 6. The summed E-state index contributed by atoms with van der Waals surface area (Å²) in [6, 6.07) is 0.809. The van der Waals surface area contributed by atoms with Gasteiger partial charge in [-0.05, 0) is 36.5 Å². The Morgan fingerprint density at radius 2 is 1.19 bits per heavy atom. The van der Waals surface area contributed by atoms with Gasteiger partial charge in [-0.25, -0.2) is 4.90 Å². The number of hydrogen-bond acceptors (Lipinski definition) is 2. The minimum absolute atomic E-state index is 0.0272. The quantitative estimate of drug-likeness (QED) is 0.422. The number of anilines is 1. The summed E-state index contributed by atoms with van der Waals surface area (Å²) < 4.78 is 78.1. The van der Waals surface area contributed by atoms with E-state index in [9.17, 15) is 35.9 Å². The summed E-state index contributed by atoms with van der Waals surface area (Å²) in [5, 5.41) is 0. The van der Waals surface area contributed by atoms with E-state index >= 15 is 0 Å². The summed E-state index contributed by atoms with van der Waals surface area (Å²) in [6.45, 7) is 0. The van der Waals surface area contributed by atoms with Gasteiger partial charge in [-0.15, -0.1) is 0 Å². The number of benzene rings is 1. The topological polar surface area (TPSA) is 37.4 Å². The predicted octanol–water partition coefficient (Wildman–Crippen LogP) is 4.04. The van der Waals surface area contributed by atoms with Gasteiger partial charge in [0.15, 0.2) is 0 Å². The summed E-state index contributed by atoms with van der Waals surface area (Å²) in [7, 11) is 0. The normalized spacial score (nSPS) is 30.5. The molecule has 0 radical (unpaired) electrons. The van der Waals surface area contributed by atoms with Gasteiger partial charge in [0, 0.05) is 0 Å². The summed E-state index contributed by atoms with van der Waals surface area (Å²) in [4.78, 5) is 25.7. The van der Waals surface area contributed by atoms with Crippen molar-refractivity contribution < 1.29 is 35.9 Å². The SMILES string of the molecule is O=C1C2C3C=C[C@@H](C3)[C@@H]2C(=O)N1c1cc(C(F)(F)F)cc(C(F)(F)F)c1. The fraction of sp³-hybridized carbons (Fsp3) is 0.412. The van der Waals surface area contributed by atoms with Crippen LogP contribution in [0.2, 0.25) is 0 Å². The molecule has 2 bridgehead atoms. The third kappa shape index (κ3) is 2.36. The van der Waals surface area contributed by atoms with Crippen molar-refractivity contribution in [3.8, 4) is 0 Å². The number of carbonyl (C=O) groups is 2. The minimum Gasteiger partial charge on any atom is -0.274 e. The van der Waals surface area contributed by atoms with Gasteiger partial charge in [-0.2, -0.15) is 26.3 Å². The van der Waals surface area contributed by atoms with Gasteiger partial charge in [0.2, 0.25) is 11.8 Å². The molecule has 1 aromatic rings. The van der Waals surface area contributed by atoms with Crippen molar-refractivity contribution in [1.29, 1.82) is 0 Å². The molecule has 138 valence electrons. The number of carbonyl (C=O) groups excluding carboxylic acids is 2. The van der Waals surface area contributed by atoms with Crippen molar-refractivity contribution in [2.24, 2.45) is 23.7 Å². The maximum absolute atomic E-state index is 13.0. The number of nitrogens with zero attached hydrogens (tertiary/aromatic N) is 1. The zero-order valence-corrected chi connectivity index (χ0v) is 12.9. The Kier molecular flexibility index (Phi) is 3.36. The van der Waals surface area contributed by atoms with E-state index in [1.165, 1.54) is 0 Å². The average molecular weight is 375 g/mol. The molecule has 9 heteroatoms. The van der Waals surface area contributed by atoms with E-state index in [0.29, 0.717) is 23.5 Å². The molecule has 4 atom stereocenters. The van der Waals surface area contributed by atoms with Crippen molar-refractivity contribution in [3.63, 3.8) is 0 Å². The molecule has 0 N–H and O–H groups in total. The number of imide groups is 1. The smallest absolute Gasteiger partial charge is 0.274 e. The maximum Gasteiger partial charge on any atom is 0.416 e. The Labute approximate surface area is 143 Å². The summed E-state index contributed by atoms with van der Waals surface area (Å²) in [5.41, 5.74) is -3.79. The zero-order chi connectivity index (χ0) is 19.0. The first kappa shape index (κ1) is 17.1. The molecular formula is C17H11F6NO2. The molecule has 2 unspecified atom stereocenters. The molecule has 3 nitrogen and oxygen atoms in total. The van der Waals surface area contributed by atoms with Crippen LogP contribution < -0.4 is 4.90 Å². The Hall–Kier alpha value is -2.32. The van der Waals surface area contributed by atoms with Crippen LogP contribution >= 0.6 is 0 Å². The Morgan fingerprint density at radius 3 is 1.58 bits per heavy atom. The molecule has 3 aliphatic rings. The molecule has 1 aromatic carbocycles. The zero-order valence-electron chi connectivity index (χ0n) is 12.9. The van der Waals surface area contributed by atoms with Crippen LogP contribution in [0.15, 0.2) is 30.4 Å².